The van der Waals surface area contributed by atoms with Gasteiger partial charge >= 0.3 is 0 Å². The molecule has 0 spiro atoms. The number of fused-ring (bicyclic) bond motifs is 1. The monoisotopic (exact) mass is 464 g/mol. The molecule has 9 heteroatoms. The van der Waals surface area contributed by atoms with E-state index in [2.05, 4.69) is 4.99 Å². The van der Waals surface area contributed by atoms with E-state index in [4.69, 9.17) is 16.3 Å². The first-order chi connectivity index (χ1) is 14.3. The number of carbonyl (C=O) groups is 1. The van der Waals surface area contributed by atoms with E-state index >= 15 is 0 Å². The van der Waals surface area contributed by atoms with E-state index in [9.17, 15) is 13.2 Å². The molecule has 3 aromatic rings. The van der Waals surface area contributed by atoms with Gasteiger partial charge in [-0.1, -0.05) is 41.1 Å². The van der Waals surface area contributed by atoms with Gasteiger partial charge in [-0.25, -0.2) is 8.42 Å². The second kappa shape index (κ2) is 9.70. The molecule has 0 unspecified atom stereocenters. The van der Waals surface area contributed by atoms with Crippen molar-refractivity contribution in [3.8, 4) is 0 Å². The topological polar surface area (TPSA) is 77.7 Å². The summed E-state index contributed by atoms with van der Waals surface area (Å²) in [6.45, 7) is 3.43. The van der Waals surface area contributed by atoms with Crippen LogP contribution in [0.3, 0.4) is 0 Å². The fourth-order valence-electron chi connectivity index (χ4n) is 2.79. The first-order valence-electron chi connectivity index (χ1n) is 9.22. The summed E-state index contributed by atoms with van der Waals surface area (Å²) in [7, 11) is -3.33. The number of nitrogens with zero attached hydrogens (tertiary/aromatic N) is 2. The highest BCUT2D eigenvalue weighted by atomic mass is 35.5. The molecule has 0 radical (unpaired) electrons. The van der Waals surface area contributed by atoms with Gasteiger partial charge in [-0.15, -0.1) is 0 Å². The first kappa shape index (κ1) is 22.4. The lowest BCUT2D eigenvalue weighted by molar-refractivity contribution is -0.113. The van der Waals surface area contributed by atoms with Crippen LogP contribution in [-0.4, -0.2) is 38.4 Å². The fourth-order valence-corrected chi connectivity index (χ4v) is 4.81. The molecular weight excluding hydrogens is 444 g/mol. The zero-order valence-electron chi connectivity index (χ0n) is 16.5. The van der Waals surface area contributed by atoms with Crippen LogP contribution in [-0.2, 0) is 25.9 Å². The van der Waals surface area contributed by atoms with E-state index in [1.54, 1.807) is 36.4 Å². The van der Waals surface area contributed by atoms with Crippen molar-refractivity contribution in [2.45, 2.75) is 18.4 Å². The van der Waals surface area contributed by atoms with Crippen LogP contribution < -0.4 is 4.80 Å². The second-order valence-electron chi connectivity index (χ2n) is 6.44. The summed E-state index contributed by atoms with van der Waals surface area (Å²) in [5.41, 5.74) is 1.52. The molecule has 2 aromatic carbocycles. The minimum absolute atomic E-state index is 0.227. The summed E-state index contributed by atoms with van der Waals surface area (Å²) in [4.78, 5) is 17.4. The molecule has 0 aliphatic rings. The molecule has 0 fully saturated rings. The first-order valence-corrected chi connectivity index (χ1v) is 12.3. The summed E-state index contributed by atoms with van der Waals surface area (Å²) in [5.74, 6) is -0.435. The molecule has 1 amide bonds. The molecule has 158 valence electrons. The third kappa shape index (κ3) is 5.46. The quantitative estimate of drug-likeness (QED) is 0.392. The van der Waals surface area contributed by atoms with E-state index < -0.39 is 15.7 Å². The maximum absolute atomic E-state index is 12.5. The number of rotatable bonds is 7. The lowest BCUT2D eigenvalue weighted by Gasteiger charge is -2.05. The van der Waals surface area contributed by atoms with Crippen molar-refractivity contribution in [1.82, 2.24) is 4.57 Å². The Morgan fingerprint density at radius 2 is 2.03 bits per heavy atom. The van der Waals surface area contributed by atoms with Gasteiger partial charge in [0.2, 0.25) is 0 Å². The Morgan fingerprint density at radius 1 is 1.27 bits per heavy atom. The number of sulfone groups is 1. The van der Waals surface area contributed by atoms with Crippen molar-refractivity contribution in [3.63, 3.8) is 0 Å². The predicted molar refractivity (Wildman–Crippen MR) is 120 cm³/mol. The molecule has 0 N–H and O–H groups in total. The number of amides is 1. The van der Waals surface area contributed by atoms with Gasteiger partial charge in [0, 0.05) is 30.5 Å². The highest BCUT2D eigenvalue weighted by Gasteiger charge is 2.12. The number of benzene rings is 2. The molecule has 1 aromatic heterocycles. The Bertz CT molecular complexity index is 1270. The van der Waals surface area contributed by atoms with Crippen LogP contribution in [0.5, 0.6) is 0 Å². The molecule has 3 rings (SSSR count). The van der Waals surface area contributed by atoms with Gasteiger partial charge in [-0.2, -0.15) is 4.99 Å². The van der Waals surface area contributed by atoms with E-state index in [0.29, 0.717) is 29.6 Å². The normalized spacial score (nSPS) is 12.8. The molecule has 0 bridgehead atoms. The molecule has 0 aliphatic carbocycles. The van der Waals surface area contributed by atoms with E-state index in [1.165, 1.54) is 23.7 Å². The SMILES string of the molecule is CCOCCn1c(=NC(=O)/C=C/c2ccccc2Cl)sc2cc(S(C)(=O)=O)ccc21. The third-order valence-corrected chi connectivity index (χ3v) is 6.76. The van der Waals surface area contributed by atoms with Crippen molar-refractivity contribution in [2.24, 2.45) is 4.99 Å². The van der Waals surface area contributed by atoms with Gasteiger partial charge in [0.15, 0.2) is 14.6 Å². The predicted octanol–water partition coefficient (Wildman–Crippen LogP) is 3.94. The maximum Gasteiger partial charge on any atom is 0.272 e. The second-order valence-corrected chi connectivity index (χ2v) is 9.87. The van der Waals surface area contributed by atoms with Crippen molar-refractivity contribution in [1.29, 1.82) is 0 Å². The van der Waals surface area contributed by atoms with Gasteiger partial charge in [0.1, 0.15) is 0 Å². The van der Waals surface area contributed by atoms with E-state index in [-0.39, 0.29) is 4.90 Å². The minimum atomic E-state index is -3.33. The molecule has 6 nitrogen and oxygen atoms in total. The summed E-state index contributed by atoms with van der Waals surface area (Å²) >= 11 is 7.37. The lowest BCUT2D eigenvalue weighted by Crippen LogP contribution is -2.19. The molecule has 0 aliphatic heterocycles. The highest BCUT2D eigenvalue weighted by Crippen LogP contribution is 2.22. The standard InChI is InChI=1S/C21H21ClN2O4S2/c1-3-28-13-12-24-18-10-9-16(30(2,26)27)14-19(18)29-21(24)23-20(25)11-8-15-6-4-5-7-17(15)22/h4-11,14H,3,12-13H2,1-2H3/b11-8+,23-21?. The number of thiazole rings is 1. The summed E-state index contributed by atoms with van der Waals surface area (Å²) < 4.78 is 31.8. The number of aromatic nitrogens is 1. The smallest absolute Gasteiger partial charge is 0.272 e. The Morgan fingerprint density at radius 3 is 2.73 bits per heavy atom. The van der Waals surface area contributed by atoms with Crippen LogP contribution in [0.4, 0.5) is 0 Å². The van der Waals surface area contributed by atoms with Crippen molar-refractivity contribution >= 4 is 55.0 Å². The zero-order chi connectivity index (χ0) is 21.7. The van der Waals surface area contributed by atoms with E-state index in [1.807, 2.05) is 23.6 Å². The third-order valence-electron chi connectivity index (χ3n) is 4.26. The Kier molecular flexibility index (Phi) is 7.25. The molecule has 1 heterocycles. The summed E-state index contributed by atoms with van der Waals surface area (Å²) in [5, 5.41) is 0.545. The number of hydrogen-bond acceptors (Lipinski definition) is 5. The van der Waals surface area contributed by atoms with Crippen molar-refractivity contribution in [3.05, 3.63) is 63.9 Å². The van der Waals surface area contributed by atoms with Crippen LogP contribution in [0.15, 0.2) is 58.4 Å². The van der Waals surface area contributed by atoms with Crippen LogP contribution >= 0.6 is 22.9 Å². The largest absolute Gasteiger partial charge is 0.380 e. The average molecular weight is 465 g/mol. The van der Waals surface area contributed by atoms with Gasteiger partial charge in [-0.3, -0.25) is 4.79 Å². The molecule has 0 saturated carbocycles. The Hall–Kier alpha value is -2.26. The molecule has 0 saturated heterocycles. The fraction of sp³-hybridized carbons (Fsp3) is 0.238. The maximum atomic E-state index is 12.5. The molecule has 0 atom stereocenters. The van der Waals surface area contributed by atoms with Gasteiger partial charge in [0.25, 0.3) is 5.91 Å². The number of halogens is 1. The van der Waals surface area contributed by atoms with Crippen LogP contribution in [0.1, 0.15) is 12.5 Å². The summed E-state index contributed by atoms with van der Waals surface area (Å²) in [6, 6.07) is 12.1. The molecular formula is C21H21ClN2O4S2. The van der Waals surface area contributed by atoms with Crippen molar-refractivity contribution in [2.75, 3.05) is 19.5 Å². The molecule has 30 heavy (non-hydrogen) atoms. The van der Waals surface area contributed by atoms with Crippen LogP contribution in [0.2, 0.25) is 5.02 Å². The van der Waals surface area contributed by atoms with Gasteiger partial charge in [0.05, 0.1) is 21.7 Å². The Balaban J connectivity index is 2.02. The number of hydrogen-bond donors (Lipinski definition) is 0. The average Bonchev–Trinajstić information content (AvgIpc) is 3.03. The zero-order valence-corrected chi connectivity index (χ0v) is 18.9. The van der Waals surface area contributed by atoms with Crippen LogP contribution in [0, 0.1) is 0 Å². The van der Waals surface area contributed by atoms with Gasteiger partial charge < -0.3 is 9.30 Å². The van der Waals surface area contributed by atoms with Crippen molar-refractivity contribution < 1.29 is 17.9 Å². The lowest BCUT2D eigenvalue weighted by atomic mass is 10.2. The minimum Gasteiger partial charge on any atom is -0.380 e. The van der Waals surface area contributed by atoms with Gasteiger partial charge in [-0.05, 0) is 42.8 Å². The Labute approximate surface area is 184 Å². The van der Waals surface area contributed by atoms with E-state index in [0.717, 1.165) is 15.8 Å². The highest BCUT2D eigenvalue weighted by molar-refractivity contribution is 7.90. The number of carbonyl (C=O) groups excluding carboxylic acids is 1. The summed E-state index contributed by atoms with van der Waals surface area (Å²) in [6.07, 6.45) is 4.15. The number of ether oxygens (including phenoxy) is 1. The van der Waals surface area contributed by atoms with Crippen LogP contribution in [0.25, 0.3) is 16.3 Å².